The van der Waals surface area contributed by atoms with E-state index in [1.54, 1.807) is 0 Å². The number of aromatic nitrogens is 2. The second kappa shape index (κ2) is 3.56. The van der Waals surface area contributed by atoms with Crippen molar-refractivity contribution in [2.45, 2.75) is 18.0 Å². The summed E-state index contributed by atoms with van der Waals surface area (Å²) in [5, 5.41) is 0. The van der Waals surface area contributed by atoms with Crippen molar-refractivity contribution in [2.75, 3.05) is 0 Å². The first-order valence-electron chi connectivity index (χ1n) is 3.61. The lowest BCUT2D eigenvalue weighted by Crippen LogP contribution is -2.50. The second-order valence-electron chi connectivity index (χ2n) is 2.69. The second-order valence-corrected chi connectivity index (χ2v) is 2.69. The van der Waals surface area contributed by atoms with E-state index in [-0.39, 0.29) is 6.20 Å². The molecule has 0 amide bonds. The van der Waals surface area contributed by atoms with E-state index in [0.717, 1.165) is 0 Å². The van der Waals surface area contributed by atoms with Gasteiger partial charge in [-0.15, -0.1) is 0 Å². The summed E-state index contributed by atoms with van der Waals surface area (Å²) in [5.74, 6) is -11.7. The van der Waals surface area contributed by atoms with Gasteiger partial charge in [-0.25, -0.2) is 9.97 Å². The van der Waals surface area contributed by atoms with E-state index < -0.39 is 23.6 Å². The lowest BCUT2D eigenvalue weighted by Gasteiger charge is -2.27. The van der Waals surface area contributed by atoms with E-state index in [2.05, 4.69) is 9.97 Å². The molecule has 9 heteroatoms. The van der Waals surface area contributed by atoms with Gasteiger partial charge in [-0.2, -0.15) is 30.7 Å². The van der Waals surface area contributed by atoms with Gasteiger partial charge in [0.1, 0.15) is 12.5 Å². The Kier molecular flexibility index (Phi) is 2.82. The molecule has 1 rings (SSSR count). The summed E-state index contributed by atoms with van der Waals surface area (Å²) >= 11 is 0. The summed E-state index contributed by atoms with van der Waals surface area (Å²) in [6, 6.07) is 0. The van der Waals surface area contributed by atoms with Gasteiger partial charge in [0, 0.05) is 6.20 Å². The van der Waals surface area contributed by atoms with Crippen LogP contribution in [-0.2, 0) is 5.92 Å². The van der Waals surface area contributed by atoms with E-state index in [0.29, 0.717) is 6.33 Å². The van der Waals surface area contributed by atoms with Crippen LogP contribution in [0.5, 0.6) is 0 Å². The lowest BCUT2D eigenvalue weighted by molar-refractivity contribution is -0.359. The molecule has 0 aromatic carbocycles. The maximum atomic E-state index is 12.8. The first-order chi connectivity index (χ1) is 7.11. The fraction of sp³-hybridized carbons (Fsp3) is 0.429. The Morgan fingerprint density at radius 3 is 1.94 bits per heavy atom. The largest absolute Gasteiger partial charge is 0.460 e. The first kappa shape index (κ1) is 12.7. The van der Waals surface area contributed by atoms with Crippen molar-refractivity contribution in [1.82, 2.24) is 9.97 Å². The van der Waals surface area contributed by atoms with Crippen LogP contribution in [0.2, 0.25) is 0 Å². The van der Waals surface area contributed by atoms with Crippen LogP contribution >= 0.6 is 0 Å². The number of halogens is 7. The van der Waals surface area contributed by atoms with Crippen molar-refractivity contribution >= 4 is 0 Å². The lowest BCUT2D eigenvalue weighted by atomic mass is 10.1. The minimum absolute atomic E-state index is 0.145. The zero-order valence-electron chi connectivity index (χ0n) is 7.19. The van der Waals surface area contributed by atoms with Crippen LogP contribution in [-0.4, -0.2) is 22.1 Å². The van der Waals surface area contributed by atoms with Crippen LogP contribution in [0.15, 0.2) is 12.5 Å². The zero-order valence-corrected chi connectivity index (χ0v) is 7.19. The van der Waals surface area contributed by atoms with Crippen LogP contribution < -0.4 is 0 Å². The predicted octanol–water partition coefficient (Wildman–Crippen LogP) is 2.57. The summed E-state index contributed by atoms with van der Waals surface area (Å²) < 4.78 is 85.8. The van der Waals surface area contributed by atoms with E-state index in [9.17, 15) is 30.7 Å². The molecule has 0 aliphatic heterocycles. The van der Waals surface area contributed by atoms with E-state index in [1.807, 2.05) is 0 Å². The summed E-state index contributed by atoms with van der Waals surface area (Å²) in [6.45, 7) is 0. The SMILES string of the molecule is FC(F)(F)C(F)(F)C(F)(F)c1[c]ncnc1. The maximum Gasteiger partial charge on any atom is 0.460 e. The highest BCUT2D eigenvalue weighted by Crippen LogP contribution is 2.51. The smallest absolute Gasteiger partial charge is 0.244 e. The van der Waals surface area contributed by atoms with Crippen molar-refractivity contribution < 1.29 is 30.7 Å². The molecule has 0 N–H and O–H groups in total. The number of hydrogen-bond donors (Lipinski definition) is 0. The molecule has 0 spiro atoms. The fourth-order valence-corrected chi connectivity index (χ4v) is 0.767. The normalized spacial score (nSPS) is 13.9. The van der Waals surface area contributed by atoms with Crippen LogP contribution in [0, 0.1) is 6.20 Å². The van der Waals surface area contributed by atoms with E-state index in [4.69, 9.17) is 0 Å². The summed E-state index contributed by atoms with van der Waals surface area (Å²) in [5.41, 5.74) is -1.72. The number of alkyl halides is 7. The average molecular weight is 247 g/mol. The van der Waals surface area contributed by atoms with Crippen molar-refractivity contribution in [3.63, 3.8) is 0 Å². The monoisotopic (exact) mass is 247 g/mol. The van der Waals surface area contributed by atoms with Crippen molar-refractivity contribution in [2.24, 2.45) is 0 Å². The highest BCUT2D eigenvalue weighted by Gasteiger charge is 2.73. The summed E-state index contributed by atoms with van der Waals surface area (Å²) in [7, 11) is 0. The van der Waals surface area contributed by atoms with Gasteiger partial charge in [0.05, 0.1) is 5.56 Å². The molecule has 2 nitrogen and oxygen atoms in total. The topological polar surface area (TPSA) is 25.8 Å². The summed E-state index contributed by atoms with van der Waals surface area (Å²) in [6.07, 6.45) is -4.21. The van der Waals surface area contributed by atoms with Crippen molar-refractivity contribution in [3.05, 3.63) is 24.3 Å². The van der Waals surface area contributed by atoms with Crippen LogP contribution in [0.4, 0.5) is 30.7 Å². The Hall–Kier alpha value is -1.41. The molecule has 0 unspecified atom stereocenters. The average Bonchev–Trinajstić information content (AvgIpc) is 2.17. The third-order valence-electron chi connectivity index (χ3n) is 1.60. The van der Waals surface area contributed by atoms with Gasteiger partial charge in [-0.3, -0.25) is 0 Å². The van der Waals surface area contributed by atoms with Crippen LogP contribution in [0.1, 0.15) is 5.56 Å². The van der Waals surface area contributed by atoms with Crippen LogP contribution in [0.3, 0.4) is 0 Å². The Labute approximate surface area is 84.1 Å². The quantitative estimate of drug-likeness (QED) is 0.750. The number of hydrogen-bond acceptors (Lipinski definition) is 2. The summed E-state index contributed by atoms with van der Waals surface area (Å²) in [4.78, 5) is 5.75. The van der Waals surface area contributed by atoms with Crippen molar-refractivity contribution in [3.8, 4) is 0 Å². The molecule has 0 aliphatic rings. The van der Waals surface area contributed by atoms with Gasteiger partial charge < -0.3 is 0 Å². The third kappa shape index (κ3) is 1.81. The minimum Gasteiger partial charge on any atom is -0.244 e. The standard InChI is InChI=1S/C7H2F7N2/c8-5(9,4-1-15-3-16-2-4)6(10,11)7(12,13)14/h1,3H. The first-order valence-corrected chi connectivity index (χ1v) is 3.61. The Bertz CT molecular complexity index is 359. The molecule has 89 valence electrons. The highest BCUT2D eigenvalue weighted by atomic mass is 19.4. The van der Waals surface area contributed by atoms with E-state index >= 15 is 0 Å². The highest BCUT2D eigenvalue weighted by molar-refractivity contribution is 5.15. The molecule has 0 bridgehead atoms. The molecule has 0 saturated heterocycles. The van der Waals surface area contributed by atoms with Gasteiger partial charge in [-0.05, 0) is 0 Å². The Morgan fingerprint density at radius 2 is 1.56 bits per heavy atom. The van der Waals surface area contributed by atoms with Gasteiger partial charge in [0.2, 0.25) is 0 Å². The molecular weight excluding hydrogens is 245 g/mol. The molecule has 1 radical (unpaired) electrons. The number of nitrogens with zero attached hydrogens (tertiary/aromatic N) is 2. The van der Waals surface area contributed by atoms with Crippen molar-refractivity contribution in [1.29, 1.82) is 0 Å². The molecule has 1 heterocycles. The van der Waals surface area contributed by atoms with Gasteiger partial charge in [-0.1, -0.05) is 0 Å². The molecule has 1 aromatic heterocycles. The molecule has 0 atom stereocenters. The molecule has 1 aromatic rings. The van der Waals surface area contributed by atoms with Gasteiger partial charge in [0.15, 0.2) is 0 Å². The van der Waals surface area contributed by atoms with Crippen LogP contribution in [0.25, 0.3) is 0 Å². The van der Waals surface area contributed by atoms with Gasteiger partial charge in [0.25, 0.3) is 0 Å². The maximum absolute atomic E-state index is 12.8. The molecule has 16 heavy (non-hydrogen) atoms. The van der Waals surface area contributed by atoms with E-state index in [1.165, 1.54) is 6.20 Å². The number of rotatable bonds is 2. The third-order valence-corrected chi connectivity index (χ3v) is 1.60. The molecule has 0 saturated carbocycles. The predicted molar refractivity (Wildman–Crippen MR) is 35.8 cm³/mol. The zero-order chi connectivity index (χ0) is 12.6. The Morgan fingerprint density at radius 1 is 1.00 bits per heavy atom. The minimum atomic E-state index is -6.37. The molecule has 0 fully saturated rings. The Balaban J connectivity index is 3.22. The van der Waals surface area contributed by atoms with Gasteiger partial charge >= 0.3 is 18.0 Å². The molecule has 0 aliphatic carbocycles. The molecular formula is C7H2F7N2. The fourth-order valence-electron chi connectivity index (χ4n) is 0.767.